The van der Waals surface area contributed by atoms with Gasteiger partial charge in [0.1, 0.15) is 0 Å². The minimum Gasteiger partial charge on any atom is -0.462 e. The molecule has 1 aromatic heterocycles. The number of hydrogen-bond acceptors (Lipinski definition) is 7. The van der Waals surface area contributed by atoms with Crippen LogP contribution in [0.25, 0.3) is 10.2 Å². The molecule has 0 saturated carbocycles. The smallest absolute Gasteiger partial charge is 0.338 e. The summed E-state index contributed by atoms with van der Waals surface area (Å²) < 4.78 is 13.3. The summed E-state index contributed by atoms with van der Waals surface area (Å²) in [6, 6.07) is 5.33. The van der Waals surface area contributed by atoms with Gasteiger partial charge in [-0.1, -0.05) is 11.3 Å². The number of nitrogens with zero attached hydrogens (tertiary/aromatic N) is 3. The molecule has 2 aromatic rings. The third kappa shape index (κ3) is 6.43. The Morgan fingerprint density at radius 3 is 2.62 bits per heavy atom. The van der Waals surface area contributed by atoms with Gasteiger partial charge in [0.05, 0.1) is 40.5 Å². The summed E-state index contributed by atoms with van der Waals surface area (Å²) in [7, 11) is 0. The van der Waals surface area contributed by atoms with E-state index in [4.69, 9.17) is 9.47 Å². The first-order valence-electron chi connectivity index (χ1n) is 10.8. The molecule has 0 unspecified atom stereocenters. The highest BCUT2D eigenvalue weighted by Gasteiger charge is 2.18. The van der Waals surface area contributed by atoms with Crippen LogP contribution >= 0.6 is 23.1 Å². The Kier molecular flexibility index (Phi) is 9.31. The molecular weight excluding hydrogens is 450 g/mol. The molecule has 2 heterocycles. The second-order valence-electron chi connectivity index (χ2n) is 7.22. The minimum absolute atomic E-state index is 0.0837. The number of thioether (sulfide) groups is 1. The fourth-order valence-corrected chi connectivity index (χ4v) is 5.25. The van der Waals surface area contributed by atoms with Crippen LogP contribution in [0.2, 0.25) is 0 Å². The third-order valence-electron chi connectivity index (χ3n) is 4.99. The maximum atomic E-state index is 12.5. The van der Waals surface area contributed by atoms with Crippen molar-refractivity contribution in [3.63, 3.8) is 0 Å². The van der Waals surface area contributed by atoms with Crippen molar-refractivity contribution in [2.75, 3.05) is 44.4 Å². The number of likely N-dealkylation sites (tertiary alicyclic amines) is 1. The number of aromatic nitrogens is 1. The summed E-state index contributed by atoms with van der Waals surface area (Å²) in [6.45, 7) is 7.26. The number of esters is 1. The van der Waals surface area contributed by atoms with Crippen LogP contribution in [-0.4, -0.2) is 71.7 Å². The maximum Gasteiger partial charge on any atom is 0.338 e. The molecule has 0 N–H and O–H groups in total. The van der Waals surface area contributed by atoms with Crippen LogP contribution in [0.4, 0.5) is 0 Å². The number of fused-ring (bicyclic) bond motifs is 1. The molecule has 1 fully saturated rings. The van der Waals surface area contributed by atoms with E-state index < -0.39 is 0 Å². The van der Waals surface area contributed by atoms with Crippen molar-refractivity contribution >= 4 is 51.1 Å². The molecule has 3 rings (SSSR count). The van der Waals surface area contributed by atoms with E-state index in [2.05, 4.69) is 4.99 Å². The summed E-state index contributed by atoms with van der Waals surface area (Å²) >= 11 is 2.64. The third-order valence-corrected chi connectivity index (χ3v) is 6.93. The van der Waals surface area contributed by atoms with Gasteiger partial charge in [-0.15, -0.1) is 11.8 Å². The highest BCUT2D eigenvalue weighted by molar-refractivity contribution is 8.00. The van der Waals surface area contributed by atoms with Crippen LogP contribution in [0.5, 0.6) is 0 Å². The molecule has 1 aliphatic rings. The number of ether oxygens (including phenoxy) is 2. The number of benzene rings is 1. The number of amides is 2. The standard InChI is InChI=1S/C22H29N3O5S2/c1-3-29-12-11-25-17-8-7-16(21(28)30-4-2)13-18(17)32-22(25)23-19(26)14-31-15-20(27)24-9-5-6-10-24/h7-8,13H,3-6,9-12,14-15H2,1-2H3. The number of carbonyl (C=O) groups is 3. The van der Waals surface area contributed by atoms with Crippen molar-refractivity contribution in [3.05, 3.63) is 28.6 Å². The Morgan fingerprint density at radius 2 is 1.91 bits per heavy atom. The molecule has 0 radical (unpaired) electrons. The van der Waals surface area contributed by atoms with E-state index in [1.807, 2.05) is 22.5 Å². The quantitative estimate of drug-likeness (QED) is 0.384. The van der Waals surface area contributed by atoms with E-state index in [-0.39, 0.29) is 23.5 Å². The average Bonchev–Trinajstić information content (AvgIpc) is 3.42. The topological polar surface area (TPSA) is 90.2 Å². The molecule has 0 atom stereocenters. The average molecular weight is 480 g/mol. The van der Waals surface area contributed by atoms with Gasteiger partial charge >= 0.3 is 5.97 Å². The first-order chi connectivity index (χ1) is 15.5. The normalized spacial score (nSPS) is 14.3. The van der Waals surface area contributed by atoms with Crippen molar-refractivity contribution in [2.45, 2.75) is 33.2 Å². The van der Waals surface area contributed by atoms with E-state index in [0.717, 1.165) is 36.1 Å². The van der Waals surface area contributed by atoms with Crippen LogP contribution in [0, 0.1) is 0 Å². The lowest BCUT2D eigenvalue weighted by atomic mass is 10.2. The van der Waals surface area contributed by atoms with Gasteiger partial charge in [-0.25, -0.2) is 4.79 Å². The largest absolute Gasteiger partial charge is 0.462 e. The second-order valence-corrected chi connectivity index (χ2v) is 9.22. The summed E-state index contributed by atoms with van der Waals surface area (Å²) in [5, 5.41) is 0. The first-order valence-corrected chi connectivity index (χ1v) is 12.8. The van der Waals surface area contributed by atoms with Crippen LogP contribution in [0.15, 0.2) is 23.2 Å². The van der Waals surface area contributed by atoms with Gasteiger partial charge in [0.2, 0.25) is 5.91 Å². The zero-order valence-electron chi connectivity index (χ0n) is 18.5. The molecule has 0 bridgehead atoms. The Morgan fingerprint density at radius 1 is 1.12 bits per heavy atom. The summed E-state index contributed by atoms with van der Waals surface area (Å²) in [6.07, 6.45) is 2.10. The predicted octanol–water partition coefficient (Wildman–Crippen LogP) is 2.70. The summed E-state index contributed by atoms with van der Waals surface area (Å²) in [5.41, 5.74) is 1.34. The molecule has 1 aromatic carbocycles. The van der Waals surface area contributed by atoms with Gasteiger partial charge in [-0.05, 0) is 44.9 Å². The molecule has 32 heavy (non-hydrogen) atoms. The van der Waals surface area contributed by atoms with Gasteiger partial charge in [-0.2, -0.15) is 4.99 Å². The monoisotopic (exact) mass is 479 g/mol. The van der Waals surface area contributed by atoms with E-state index in [9.17, 15) is 14.4 Å². The molecule has 1 aliphatic heterocycles. The lowest BCUT2D eigenvalue weighted by molar-refractivity contribution is -0.127. The van der Waals surface area contributed by atoms with Gasteiger partial charge < -0.3 is 18.9 Å². The molecule has 174 valence electrons. The number of carbonyl (C=O) groups excluding carboxylic acids is 3. The molecule has 10 heteroatoms. The van der Waals surface area contributed by atoms with Crippen molar-refractivity contribution in [2.24, 2.45) is 4.99 Å². The zero-order chi connectivity index (χ0) is 22.9. The van der Waals surface area contributed by atoms with Gasteiger partial charge in [0.25, 0.3) is 5.91 Å². The maximum absolute atomic E-state index is 12.5. The minimum atomic E-state index is -0.377. The molecule has 0 aliphatic carbocycles. The zero-order valence-corrected chi connectivity index (χ0v) is 20.1. The lowest BCUT2D eigenvalue weighted by Crippen LogP contribution is -2.29. The fraction of sp³-hybridized carbons (Fsp3) is 0.545. The molecule has 0 spiro atoms. The number of thiazole rings is 1. The van der Waals surface area contributed by atoms with E-state index in [1.54, 1.807) is 19.1 Å². The SMILES string of the molecule is CCOCCn1c(=NC(=O)CSCC(=O)N2CCCC2)sc2cc(C(=O)OCC)ccc21. The lowest BCUT2D eigenvalue weighted by Gasteiger charge is -2.14. The van der Waals surface area contributed by atoms with Crippen molar-refractivity contribution < 1.29 is 23.9 Å². The summed E-state index contributed by atoms with van der Waals surface area (Å²) in [5.74, 6) is -0.141. The van der Waals surface area contributed by atoms with Crippen LogP contribution in [-0.2, 0) is 25.6 Å². The van der Waals surface area contributed by atoms with Gasteiger partial charge in [-0.3, -0.25) is 9.59 Å². The van der Waals surface area contributed by atoms with Crippen LogP contribution in [0.1, 0.15) is 37.0 Å². The van der Waals surface area contributed by atoms with E-state index >= 15 is 0 Å². The molecular formula is C22H29N3O5S2. The van der Waals surface area contributed by atoms with Gasteiger partial charge in [0, 0.05) is 26.2 Å². The van der Waals surface area contributed by atoms with Crippen LogP contribution < -0.4 is 4.80 Å². The Bertz CT molecular complexity index is 1020. The molecule has 1 saturated heterocycles. The van der Waals surface area contributed by atoms with Crippen molar-refractivity contribution in [3.8, 4) is 0 Å². The predicted molar refractivity (Wildman–Crippen MR) is 126 cm³/mol. The fourth-order valence-electron chi connectivity index (χ4n) is 3.44. The second kappa shape index (κ2) is 12.2. The highest BCUT2D eigenvalue weighted by Crippen LogP contribution is 2.20. The number of rotatable bonds is 10. The van der Waals surface area contributed by atoms with Crippen molar-refractivity contribution in [1.82, 2.24) is 9.47 Å². The van der Waals surface area contributed by atoms with E-state index in [1.165, 1.54) is 23.1 Å². The molecule has 2 amide bonds. The van der Waals surface area contributed by atoms with Crippen LogP contribution in [0.3, 0.4) is 0 Å². The molecule has 8 nitrogen and oxygen atoms in total. The Balaban J connectivity index is 1.76. The van der Waals surface area contributed by atoms with E-state index in [0.29, 0.717) is 42.5 Å². The number of hydrogen-bond donors (Lipinski definition) is 0. The van der Waals surface area contributed by atoms with Gasteiger partial charge in [0.15, 0.2) is 4.80 Å². The first kappa shape index (κ1) is 24.5. The summed E-state index contributed by atoms with van der Waals surface area (Å²) in [4.78, 5) is 43.4. The highest BCUT2D eigenvalue weighted by atomic mass is 32.2. The van der Waals surface area contributed by atoms with Crippen molar-refractivity contribution in [1.29, 1.82) is 0 Å². The Labute approximate surface area is 195 Å². The Hall–Kier alpha value is -2.17.